The first-order valence-corrected chi connectivity index (χ1v) is 10.6. The zero-order chi connectivity index (χ0) is 20.8. The van der Waals surface area contributed by atoms with Gasteiger partial charge in [-0.1, -0.05) is 18.2 Å². The Balaban J connectivity index is 1.45. The van der Waals surface area contributed by atoms with Crippen LogP contribution in [0, 0.1) is 0 Å². The number of fused-ring (bicyclic) bond motifs is 6. The molecule has 4 heterocycles. The van der Waals surface area contributed by atoms with E-state index in [2.05, 4.69) is 31.8 Å². The van der Waals surface area contributed by atoms with Gasteiger partial charge in [0.25, 0.3) is 0 Å². The zero-order valence-electron chi connectivity index (χ0n) is 17.1. The van der Waals surface area contributed by atoms with Crippen molar-refractivity contribution in [3.63, 3.8) is 0 Å². The van der Waals surface area contributed by atoms with Crippen molar-refractivity contribution in [1.29, 1.82) is 0 Å². The van der Waals surface area contributed by atoms with Crippen LogP contribution >= 0.6 is 0 Å². The van der Waals surface area contributed by atoms with E-state index in [1.165, 1.54) is 0 Å². The SMILES string of the molecule is OCCCN1CN=C2NC(c3ccc4c(c3)OCCO4)n3c(nc4ccccc43)N2C1. The van der Waals surface area contributed by atoms with Crippen LogP contribution in [0.4, 0.5) is 5.95 Å². The van der Waals surface area contributed by atoms with E-state index < -0.39 is 0 Å². The molecule has 0 amide bonds. The molecule has 6 rings (SSSR count). The number of rotatable bonds is 4. The number of aliphatic hydroxyl groups excluding tert-OH is 1. The largest absolute Gasteiger partial charge is 0.486 e. The number of anilines is 1. The Morgan fingerprint density at radius 3 is 2.87 bits per heavy atom. The minimum absolute atomic E-state index is 0.169. The van der Waals surface area contributed by atoms with Crippen LogP contribution < -0.4 is 19.7 Å². The van der Waals surface area contributed by atoms with Crippen molar-refractivity contribution >= 4 is 22.9 Å². The highest BCUT2D eigenvalue weighted by Gasteiger charge is 2.36. The Bertz CT molecular complexity index is 1160. The normalized spacial score (nSPS) is 20.1. The van der Waals surface area contributed by atoms with Gasteiger partial charge in [0.05, 0.1) is 24.4 Å². The molecule has 3 aliphatic rings. The van der Waals surface area contributed by atoms with Gasteiger partial charge in [-0.15, -0.1) is 0 Å². The lowest BCUT2D eigenvalue weighted by Gasteiger charge is -2.41. The van der Waals surface area contributed by atoms with Crippen LogP contribution in [0.5, 0.6) is 11.5 Å². The molecule has 3 aliphatic heterocycles. The van der Waals surface area contributed by atoms with Crippen LogP contribution in [-0.2, 0) is 0 Å². The number of hydrogen-bond donors (Lipinski definition) is 2. The standard InChI is InChI=1S/C22H24N6O3/c29-9-3-8-26-13-23-21-25-20(15-6-7-18-19(12-15)31-11-10-30-18)28-17-5-2-1-4-16(17)24-22(28)27(21)14-26/h1-2,4-7,12,20,29H,3,8-11,13-14H2,(H,23,25). The van der Waals surface area contributed by atoms with Crippen molar-refractivity contribution in [2.45, 2.75) is 12.6 Å². The lowest BCUT2D eigenvalue weighted by Crippen LogP contribution is -2.57. The molecule has 0 fully saturated rings. The van der Waals surface area contributed by atoms with E-state index in [0.717, 1.165) is 53.0 Å². The summed E-state index contributed by atoms with van der Waals surface area (Å²) >= 11 is 0. The smallest absolute Gasteiger partial charge is 0.216 e. The average Bonchev–Trinajstić information content (AvgIpc) is 3.22. The van der Waals surface area contributed by atoms with E-state index in [9.17, 15) is 5.11 Å². The van der Waals surface area contributed by atoms with Gasteiger partial charge < -0.3 is 19.9 Å². The third-order valence-electron chi connectivity index (χ3n) is 5.87. The summed E-state index contributed by atoms with van der Waals surface area (Å²) in [5, 5.41) is 12.8. The Morgan fingerprint density at radius 2 is 1.97 bits per heavy atom. The summed E-state index contributed by atoms with van der Waals surface area (Å²) < 4.78 is 13.7. The molecule has 2 aromatic carbocycles. The first-order chi connectivity index (χ1) is 15.3. The van der Waals surface area contributed by atoms with Crippen LogP contribution in [0.25, 0.3) is 11.0 Å². The van der Waals surface area contributed by atoms with E-state index in [0.29, 0.717) is 26.6 Å². The molecule has 9 heteroatoms. The number of nitrogens with one attached hydrogen (secondary N) is 1. The molecular weight excluding hydrogens is 396 g/mol. The maximum atomic E-state index is 9.20. The molecule has 1 aromatic heterocycles. The molecule has 1 atom stereocenters. The number of para-hydroxylation sites is 2. The van der Waals surface area contributed by atoms with Crippen LogP contribution in [-0.4, -0.2) is 65.2 Å². The zero-order valence-corrected chi connectivity index (χ0v) is 17.1. The lowest BCUT2D eigenvalue weighted by atomic mass is 10.1. The second-order valence-electron chi connectivity index (χ2n) is 7.88. The number of hydrogen-bond acceptors (Lipinski definition) is 8. The third kappa shape index (κ3) is 3.08. The van der Waals surface area contributed by atoms with Crippen LogP contribution in [0.1, 0.15) is 18.2 Å². The summed E-state index contributed by atoms with van der Waals surface area (Å²) in [6.07, 6.45) is 0.555. The Morgan fingerprint density at radius 1 is 1.10 bits per heavy atom. The maximum Gasteiger partial charge on any atom is 0.216 e. The summed E-state index contributed by atoms with van der Waals surface area (Å²) in [5.74, 6) is 3.20. The second-order valence-corrected chi connectivity index (χ2v) is 7.88. The van der Waals surface area contributed by atoms with Crippen molar-refractivity contribution in [3.8, 4) is 11.5 Å². The van der Waals surface area contributed by atoms with Gasteiger partial charge >= 0.3 is 0 Å². The van der Waals surface area contributed by atoms with Crippen molar-refractivity contribution in [2.75, 3.05) is 44.6 Å². The van der Waals surface area contributed by atoms with Gasteiger partial charge in [-0.3, -0.25) is 14.4 Å². The van der Waals surface area contributed by atoms with Crippen LogP contribution in [0.2, 0.25) is 0 Å². The van der Waals surface area contributed by atoms with Gasteiger partial charge in [-0.05, 0) is 36.2 Å². The fourth-order valence-corrected chi connectivity index (χ4v) is 4.41. The van der Waals surface area contributed by atoms with E-state index >= 15 is 0 Å². The number of nitrogens with zero attached hydrogens (tertiary/aromatic N) is 5. The first kappa shape index (κ1) is 18.5. The predicted molar refractivity (Wildman–Crippen MR) is 116 cm³/mol. The summed E-state index contributed by atoms with van der Waals surface area (Å²) in [5.41, 5.74) is 3.05. The molecular formula is C22H24N6O3. The Hall–Kier alpha value is -3.30. The molecule has 1 unspecified atom stereocenters. The molecule has 0 radical (unpaired) electrons. The number of guanidine groups is 1. The Labute approximate surface area is 179 Å². The fourth-order valence-electron chi connectivity index (χ4n) is 4.41. The molecule has 0 bridgehead atoms. The molecule has 0 saturated carbocycles. The third-order valence-corrected chi connectivity index (χ3v) is 5.87. The van der Waals surface area contributed by atoms with Gasteiger partial charge in [-0.25, -0.2) is 9.98 Å². The second kappa shape index (κ2) is 7.44. The quantitative estimate of drug-likeness (QED) is 0.665. The summed E-state index contributed by atoms with van der Waals surface area (Å²) in [6, 6.07) is 14.2. The predicted octanol–water partition coefficient (Wildman–Crippen LogP) is 1.73. The highest BCUT2D eigenvalue weighted by Crippen LogP contribution is 2.37. The van der Waals surface area contributed by atoms with Gasteiger partial charge in [0, 0.05) is 13.2 Å². The van der Waals surface area contributed by atoms with Crippen molar-refractivity contribution < 1.29 is 14.6 Å². The molecule has 160 valence electrons. The van der Waals surface area contributed by atoms with E-state index in [-0.39, 0.29) is 12.8 Å². The molecule has 31 heavy (non-hydrogen) atoms. The number of ether oxygens (including phenoxy) is 2. The van der Waals surface area contributed by atoms with Gasteiger partial charge in [0.1, 0.15) is 19.4 Å². The number of imidazole rings is 1. The summed E-state index contributed by atoms with van der Waals surface area (Å²) in [4.78, 5) is 14.0. The van der Waals surface area contributed by atoms with E-state index in [4.69, 9.17) is 19.5 Å². The van der Waals surface area contributed by atoms with Gasteiger partial charge in [0.15, 0.2) is 11.5 Å². The molecule has 0 saturated heterocycles. The fraction of sp³-hybridized carbons (Fsp3) is 0.364. The van der Waals surface area contributed by atoms with Gasteiger partial charge in [0.2, 0.25) is 11.9 Å². The highest BCUT2D eigenvalue weighted by molar-refractivity contribution is 5.98. The first-order valence-electron chi connectivity index (χ1n) is 10.6. The Kier molecular flexibility index (Phi) is 4.43. The summed E-state index contributed by atoms with van der Waals surface area (Å²) in [6.45, 7) is 3.35. The van der Waals surface area contributed by atoms with Crippen LogP contribution in [0.15, 0.2) is 47.5 Å². The monoisotopic (exact) mass is 420 g/mol. The average molecular weight is 420 g/mol. The van der Waals surface area contributed by atoms with Crippen molar-refractivity contribution in [3.05, 3.63) is 48.0 Å². The maximum absolute atomic E-state index is 9.20. The number of aromatic nitrogens is 2. The van der Waals surface area contributed by atoms with E-state index in [1.807, 2.05) is 30.3 Å². The van der Waals surface area contributed by atoms with Crippen molar-refractivity contribution in [1.82, 2.24) is 19.8 Å². The lowest BCUT2D eigenvalue weighted by molar-refractivity contribution is 0.171. The van der Waals surface area contributed by atoms with Crippen molar-refractivity contribution in [2.24, 2.45) is 4.99 Å². The minimum Gasteiger partial charge on any atom is -0.486 e. The topological polar surface area (TPSA) is 87.4 Å². The molecule has 3 aromatic rings. The number of aliphatic hydroxyl groups is 1. The van der Waals surface area contributed by atoms with Crippen LogP contribution in [0.3, 0.4) is 0 Å². The molecule has 9 nitrogen and oxygen atoms in total. The molecule has 2 N–H and O–H groups in total. The summed E-state index contributed by atoms with van der Waals surface area (Å²) in [7, 11) is 0. The molecule has 0 aliphatic carbocycles. The van der Waals surface area contributed by atoms with Gasteiger partial charge in [-0.2, -0.15) is 0 Å². The minimum atomic E-state index is -0.169. The number of benzene rings is 2. The molecule has 0 spiro atoms. The number of aliphatic imine (C=N–C) groups is 1. The highest BCUT2D eigenvalue weighted by atomic mass is 16.6. The van der Waals surface area contributed by atoms with E-state index in [1.54, 1.807) is 0 Å².